The Labute approximate surface area is 167 Å². The predicted molar refractivity (Wildman–Crippen MR) is 106 cm³/mol. The van der Waals surface area contributed by atoms with Crippen molar-refractivity contribution in [1.82, 2.24) is 9.55 Å². The number of aromatic nitrogens is 2. The smallest absolute Gasteiger partial charge is 0.349 e. The third-order valence-corrected chi connectivity index (χ3v) is 5.41. The molecule has 0 saturated carbocycles. The molecule has 0 fully saturated rings. The molecule has 0 radical (unpaired) electrons. The summed E-state index contributed by atoms with van der Waals surface area (Å²) in [5, 5.41) is 13.7. The SMILES string of the molecule is Cc1cc([N+](=O)[O-])ccc1NC(=O)COC(=O)c1sc2ncn(C)c(=O)c2c1C. The van der Waals surface area contributed by atoms with Crippen molar-refractivity contribution in [2.75, 3.05) is 11.9 Å². The molecule has 0 aliphatic carbocycles. The van der Waals surface area contributed by atoms with Gasteiger partial charge in [0.1, 0.15) is 9.71 Å². The number of nitrogens with one attached hydrogen (secondary N) is 1. The van der Waals surface area contributed by atoms with E-state index in [1.54, 1.807) is 20.9 Å². The lowest BCUT2D eigenvalue weighted by atomic mass is 10.2. The van der Waals surface area contributed by atoms with Crippen LogP contribution >= 0.6 is 11.3 Å². The number of esters is 1. The van der Waals surface area contributed by atoms with Crippen LogP contribution in [-0.4, -0.2) is 33.0 Å². The molecule has 0 saturated heterocycles. The zero-order valence-electron chi connectivity index (χ0n) is 15.7. The zero-order valence-corrected chi connectivity index (χ0v) is 16.5. The van der Waals surface area contributed by atoms with Crippen LogP contribution in [0.2, 0.25) is 0 Å². The van der Waals surface area contributed by atoms with Gasteiger partial charge in [-0.2, -0.15) is 0 Å². The normalized spacial score (nSPS) is 10.7. The Balaban J connectivity index is 1.70. The maximum atomic E-state index is 12.4. The van der Waals surface area contributed by atoms with Crippen LogP contribution in [-0.2, 0) is 16.6 Å². The second kappa shape index (κ2) is 7.80. The van der Waals surface area contributed by atoms with Gasteiger partial charge >= 0.3 is 5.97 Å². The van der Waals surface area contributed by atoms with Crippen molar-refractivity contribution in [2.24, 2.45) is 7.05 Å². The summed E-state index contributed by atoms with van der Waals surface area (Å²) in [6, 6.07) is 4.00. The van der Waals surface area contributed by atoms with Crippen LogP contribution < -0.4 is 10.9 Å². The Morgan fingerprint density at radius 1 is 1.34 bits per heavy atom. The summed E-state index contributed by atoms with van der Waals surface area (Å²) in [6.45, 7) is 2.69. The minimum absolute atomic E-state index is 0.0908. The maximum absolute atomic E-state index is 12.4. The molecule has 0 aliphatic rings. The molecule has 2 aromatic heterocycles. The maximum Gasteiger partial charge on any atom is 0.349 e. The van der Waals surface area contributed by atoms with Gasteiger partial charge in [0.05, 0.1) is 16.6 Å². The predicted octanol–water partition coefficient (Wildman–Crippen LogP) is 2.32. The van der Waals surface area contributed by atoms with Gasteiger partial charge in [-0.1, -0.05) is 0 Å². The number of rotatable bonds is 5. The number of hydrogen-bond donors (Lipinski definition) is 1. The van der Waals surface area contributed by atoms with Gasteiger partial charge in [0.2, 0.25) is 0 Å². The summed E-state index contributed by atoms with van der Waals surface area (Å²) < 4.78 is 6.38. The number of amides is 1. The van der Waals surface area contributed by atoms with Gasteiger partial charge in [0.15, 0.2) is 6.61 Å². The zero-order chi connectivity index (χ0) is 21.3. The number of carbonyl (C=O) groups is 2. The lowest BCUT2D eigenvalue weighted by molar-refractivity contribution is -0.384. The molecule has 3 aromatic rings. The fraction of sp³-hybridized carbons (Fsp3) is 0.222. The van der Waals surface area contributed by atoms with Gasteiger partial charge in [0.25, 0.3) is 17.2 Å². The number of anilines is 1. The minimum Gasteiger partial charge on any atom is -0.451 e. The number of ether oxygens (including phenoxy) is 1. The second-order valence-electron chi connectivity index (χ2n) is 6.28. The Morgan fingerprint density at radius 3 is 2.72 bits per heavy atom. The average molecular weight is 416 g/mol. The van der Waals surface area contributed by atoms with Gasteiger partial charge < -0.3 is 14.6 Å². The molecular weight excluding hydrogens is 400 g/mol. The van der Waals surface area contributed by atoms with Crippen molar-refractivity contribution in [1.29, 1.82) is 0 Å². The monoisotopic (exact) mass is 416 g/mol. The summed E-state index contributed by atoms with van der Waals surface area (Å²) in [6.07, 6.45) is 1.37. The summed E-state index contributed by atoms with van der Waals surface area (Å²) >= 11 is 1.02. The molecule has 11 heteroatoms. The number of hydrogen-bond acceptors (Lipinski definition) is 8. The van der Waals surface area contributed by atoms with E-state index in [0.717, 1.165) is 11.3 Å². The van der Waals surface area contributed by atoms with Crippen LogP contribution in [0, 0.1) is 24.0 Å². The average Bonchev–Trinajstić information content (AvgIpc) is 3.01. The van der Waals surface area contributed by atoms with E-state index in [1.807, 2.05) is 0 Å². The highest BCUT2D eigenvalue weighted by molar-refractivity contribution is 7.20. The number of non-ortho nitro benzene ring substituents is 1. The quantitative estimate of drug-likeness (QED) is 0.383. The first-order valence-corrected chi connectivity index (χ1v) is 9.17. The minimum atomic E-state index is -0.733. The summed E-state index contributed by atoms with van der Waals surface area (Å²) in [5.74, 6) is -1.33. The summed E-state index contributed by atoms with van der Waals surface area (Å²) in [5.41, 5.74) is 0.972. The highest BCUT2D eigenvalue weighted by Crippen LogP contribution is 2.27. The first-order valence-electron chi connectivity index (χ1n) is 8.35. The number of fused-ring (bicyclic) bond motifs is 1. The number of aryl methyl sites for hydroxylation is 3. The van der Waals surface area contributed by atoms with Crippen LogP contribution in [0.4, 0.5) is 11.4 Å². The van der Waals surface area contributed by atoms with Crippen LogP contribution in [0.3, 0.4) is 0 Å². The molecule has 150 valence electrons. The topological polar surface area (TPSA) is 133 Å². The highest BCUT2D eigenvalue weighted by Gasteiger charge is 2.21. The molecule has 0 atom stereocenters. The molecule has 3 rings (SSSR count). The Kier molecular flexibility index (Phi) is 5.41. The molecule has 1 N–H and O–H groups in total. The lowest BCUT2D eigenvalue weighted by Gasteiger charge is -2.08. The van der Waals surface area contributed by atoms with Crippen LogP contribution in [0.15, 0.2) is 29.3 Å². The van der Waals surface area contributed by atoms with E-state index in [0.29, 0.717) is 27.0 Å². The molecule has 0 unspecified atom stereocenters. The van der Waals surface area contributed by atoms with Gasteiger partial charge in [0, 0.05) is 24.9 Å². The van der Waals surface area contributed by atoms with Crippen molar-refractivity contribution in [3.8, 4) is 0 Å². The van der Waals surface area contributed by atoms with Gasteiger partial charge in [-0.25, -0.2) is 9.78 Å². The van der Waals surface area contributed by atoms with Crippen molar-refractivity contribution in [3.63, 3.8) is 0 Å². The number of nitro benzene ring substituents is 1. The Morgan fingerprint density at radius 2 is 2.07 bits per heavy atom. The van der Waals surface area contributed by atoms with Crippen LogP contribution in [0.5, 0.6) is 0 Å². The molecule has 0 spiro atoms. The van der Waals surface area contributed by atoms with E-state index >= 15 is 0 Å². The first kappa shape index (κ1) is 20.1. The van der Waals surface area contributed by atoms with Crippen LogP contribution in [0.25, 0.3) is 10.2 Å². The van der Waals surface area contributed by atoms with Crippen molar-refractivity contribution in [3.05, 3.63) is 61.0 Å². The number of nitrogens with zero attached hydrogens (tertiary/aromatic N) is 3. The standard InChI is InChI=1S/C18H16N4O6S/c1-9-6-11(22(26)27)4-5-12(9)20-13(23)7-28-18(25)15-10(2)14-16(29-15)19-8-21(3)17(14)24/h4-6,8H,7H2,1-3H3,(H,20,23). The van der Waals surface area contributed by atoms with Crippen molar-refractivity contribution >= 4 is 44.8 Å². The number of thiophene rings is 1. The number of nitro groups is 1. The molecule has 1 aromatic carbocycles. The first-order chi connectivity index (χ1) is 13.7. The fourth-order valence-electron chi connectivity index (χ4n) is 2.69. The number of benzene rings is 1. The highest BCUT2D eigenvalue weighted by atomic mass is 32.1. The molecule has 10 nitrogen and oxygen atoms in total. The molecular formula is C18H16N4O6S. The van der Waals surface area contributed by atoms with Crippen molar-refractivity contribution < 1.29 is 19.2 Å². The second-order valence-corrected chi connectivity index (χ2v) is 7.28. The summed E-state index contributed by atoms with van der Waals surface area (Å²) in [7, 11) is 1.56. The van der Waals surface area contributed by atoms with Crippen LogP contribution in [0.1, 0.15) is 20.8 Å². The van der Waals surface area contributed by atoms with E-state index < -0.39 is 23.4 Å². The molecule has 1 amide bonds. The van der Waals surface area contributed by atoms with E-state index in [4.69, 9.17) is 4.74 Å². The third kappa shape index (κ3) is 3.99. The lowest BCUT2D eigenvalue weighted by Crippen LogP contribution is -2.21. The van der Waals surface area contributed by atoms with Crippen molar-refractivity contribution in [2.45, 2.75) is 13.8 Å². The van der Waals surface area contributed by atoms with Gasteiger partial charge in [-0.3, -0.25) is 19.7 Å². The molecule has 29 heavy (non-hydrogen) atoms. The summed E-state index contributed by atoms with van der Waals surface area (Å²) in [4.78, 5) is 51.7. The number of carbonyl (C=O) groups excluding carboxylic acids is 2. The Hall–Kier alpha value is -3.60. The van der Waals surface area contributed by atoms with E-state index in [-0.39, 0.29) is 16.1 Å². The van der Waals surface area contributed by atoms with E-state index in [2.05, 4.69) is 10.3 Å². The third-order valence-electron chi connectivity index (χ3n) is 4.23. The fourth-order valence-corrected chi connectivity index (χ4v) is 3.72. The molecule has 0 bridgehead atoms. The van der Waals surface area contributed by atoms with E-state index in [1.165, 1.54) is 29.1 Å². The van der Waals surface area contributed by atoms with Gasteiger partial charge in [-0.05, 0) is 31.0 Å². The van der Waals surface area contributed by atoms with Gasteiger partial charge in [-0.15, -0.1) is 11.3 Å². The largest absolute Gasteiger partial charge is 0.451 e. The Bertz CT molecular complexity index is 1210. The molecule has 0 aliphatic heterocycles. The van der Waals surface area contributed by atoms with E-state index in [9.17, 15) is 24.5 Å². The molecule has 2 heterocycles.